The van der Waals surface area contributed by atoms with Crippen molar-refractivity contribution in [1.82, 2.24) is 4.90 Å². The van der Waals surface area contributed by atoms with Crippen molar-refractivity contribution in [1.29, 1.82) is 5.26 Å². The molecule has 0 atom stereocenters. The van der Waals surface area contributed by atoms with Gasteiger partial charge in [-0.25, -0.2) is 0 Å². The van der Waals surface area contributed by atoms with E-state index in [0.717, 1.165) is 11.4 Å². The quantitative estimate of drug-likeness (QED) is 0.470. The van der Waals surface area contributed by atoms with Gasteiger partial charge in [0.1, 0.15) is 11.4 Å². The predicted octanol–water partition coefficient (Wildman–Crippen LogP) is 2.99. The maximum Gasteiger partial charge on any atom is 0.270 e. The number of benzene rings is 1. The van der Waals surface area contributed by atoms with E-state index in [9.17, 15) is 10.1 Å². The molecule has 118 valence electrons. The van der Waals surface area contributed by atoms with E-state index in [4.69, 9.17) is 10.00 Å². The number of non-ortho nitro benzene ring substituents is 1. The highest BCUT2D eigenvalue weighted by Gasteiger charge is 2.34. The third-order valence-corrected chi connectivity index (χ3v) is 4.48. The van der Waals surface area contributed by atoms with E-state index in [1.54, 1.807) is 6.07 Å². The van der Waals surface area contributed by atoms with Gasteiger partial charge in [0.15, 0.2) is 5.17 Å². The first-order valence-electron chi connectivity index (χ1n) is 6.99. The minimum atomic E-state index is -0.552. The Hall–Kier alpha value is -2.53. The number of nitro benzene ring substituents is 1. The second kappa shape index (κ2) is 5.59. The Balaban J connectivity index is 2.13. The molecule has 2 aliphatic heterocycles. The molecule has 0 spiro atoms. The Labute approximate surface area is 137 Å². The van der Waals surface area contributed by atoms with Crippen LogP contribution in [0, 0.1) is 21.6 Å². The topological polar surface area (TPSA) is 91.8 Å². The van der Waals surface area contributed by atoms with Crippen LogP contribution < -0.4 is 4.74 Å². The lowest BCUT2D eigenvalue weighted by molar-refractivity contribution is -0.384. The van der Waals surface area contributed by atoms with Crippen LogP contribution in [-0.2, 0) is 0 Å². The molecule has 0 aromatic heterocycles. The summed E-state index contributed by atoms with van der Waals surface area (Å²) in [7, 11) is 0. The van der Waals surface area contributed by atoms with Gasteiger partial charge in [0.05, 0.1) is 10.6 Å². The fourth-order valence-electron chi connectivity index (χ4n) is 2.62. The maximum absolute atomic E-state index is 11.1. The number of nitro groups is 1. The number of ether oxygens (including phenoxy) is 1. The molecule has 0 aliphatic carbocycles. The van der Waals surface area contributed by atoms with Crippen LogP contribution in [0.15, 0.2) is 29.3 Å². The Bertz CT molecular complexity index is 779. The Morgan fingerprint density at radius 2 is 2.30 bits per heavy atom. The SMILES string of the molecule is CC1(C)C=C(N2CCS/C2=N/C#N)c2cc([N+](=O)[O-])ccc2O1. The number of thioether (sulfide) groups is 1. The summed E-state index contributed by atoms with van der Waals surface area (Å²) in [4.78, 5) is 16.4. The molecule has 23 heavy (non-hydrogen) atoms. The average Bonchev–Trinajstić information content (AvgIpc) is 2.93. The number of hydrogen-bond acceptors (Lipinski definition) is 6. The minimum Gasteiger partial charge on any atom is -0.483 e. The van der Waals surface area contributed by atoms with Gasteiger partial charge in [0.25, 0.3) is 5.69 Å². The second-order valence-corrected chi connectivity index (χ2v) is 6.73. The fourth-order valence-corrected chi connectivity index (χ4v) is 3.53. The third kappa shape index (κ3) is 2.87. The van der Waals surface area contributed by atoms with Crippen molar-refractivity contribution >= 4 is 28.3 Å². The van der Waals surface area contributed by atoms with Gasteiger partial charge < -0.3 is 9.64 Å². The van der Waals surface area contributed by atoms with Crippen molar-refractivity contribution in [3.63, 3.8) is 0 Å². The first kappa shape index (κ1) is 15.4. The molecule has 0 amide bonds. The number of nitrogens with zero attached hydrogens (tertiary/aromatic N) is 4. The highest BCUT2D eigenvalue weighted by Crippen LogP contribution is 2.41. The van der Waals surface area contributed by atoms with E-state index in [0.29, 0.717) is 23.0 Å². The summed E-state index contributed by atoms with van der Waals surface area (Å²) < 4.78 is 5.90. The first-order chi connectivity index (χ1) is 10.9. The van der Waals surface area contributed by atoms with E-state index in [-0.39, 0.29) is 5.69 Å². The molecule has 7 nitrogen and oxygen atoms in total. The number of nitriles is 1. The maximum atomic E-state index is 11.1. The Morgan fingerprint density at radius 3 is 3.00 bits per heavy atom. The molecule has 8 heteroatoms. The lowest BCUT2D eigenvalue weighted by Gasteiger charge is -2.34. The number of rotatable bonds is 2. The molecule has 0 unspecified atom stereocenters. The lowest BCUT2D eigenvalue weighted by Crippen LogP contribution is -2.34. The molecule has 1 aromatic rings. The third-order valence-electron chi connectivity index (χ3n) is 3.52. The average molecular weight is 330 g/mol. The number of fused-ring (bicyclic) bond motifs is 1. The molecule has 0 bridgehead atoms. The summed E-state index contributed by atoms with van der Waals surface area (Å²) in [6.07, 6.45) is 3.73. The summed E-state index contributed by atoms with van der Waals surface area (Å²) in [5.41, 5.74) is 0.887. The van der Waals surface area contributed by atoms with Crippen LogP contribution in [0.1, 0.15) is 19.4 Å². The second-order valence-electron chi connectivity index (χ2n) is 5.67. The van der Waals surface area contributed by atoms with Crippen molar-refractivity contribution in [3.05, 3.63) is 40.0 Å². The number of hydrogen-bond donors (Lipinski definition) is 0. The van der Waals surface area contributed by atoms with Crippen molar-refractivity contribution in [3.8, 4) is 11.9 Å². The van der Waals surface area contributed by atoms with Crippen LogP contribution in [0.3, 0.4) is 0 Å². The van der Waals surface area contributed by atoms with E-state index in [1.807, 2.05) is 31.0 Å². The van der Waals surface area contributed by atoms with Gasteiger partial charge >= 0.3 is 0 Å². The molecule has 0 saturated carbocycles. The molecule has 1 fully saturated rings. The molecular formula is C15H14N4O3S. The van der Waals surface area contributed by atoms with Crippen molar-refractivity contribution in [2.75, 3.05) is 12.3 Å². The van der Waals surface area contributed by atoms with Gasteiger partial charge in [0, 0.05) is 30.0 Å². The summed E-state index contributed by atoms with van der Waals surface area (Å²) in [6, 6.07) is 4.55. The molecule has 1 aromatic carbocycles. The van der Waals surface area contributed by atoms with E-state index in [2.05, 4.69) is 4.99 Å². The smallest absolute Gasteiger partial charge is 0.270 e. The molecule has 2 heterocycles. The highest BCUT2D eigenvalue weighted by molar-refractivity contribution is 8.14. The lowest BCUT2D eigenvalue weighted by atomic mass is 9.98. The van der Waals surface area contributed by atoms with E-state index < -0.39 is 10.5 Å². The van der Waals surface area contributed by atoms with Crippen LogP contribution in [-0.4, -0.2) is 32.9 Å². The summed E-state index contributed by atoms with van der Waals surface area (Å²) in [5.74, 6) is 1.40. The number of amidine groups is 1. The van der Waals surface area contributed by atoms with Crippen LogP contribution >= 0.6 is 11.8 Å². The highest BCUT2D eigenvalue weighted by atomic mass is 32.2. The summed E-state index contributed by atoms with van der Waals surface area (Å²) in [6.45, 7) is 4.53. The van der Waals surface area contributed by atoms with Gasteiger partial charge in [-0.2, -0.15) is 5.26 Å². The van der Waals surface area contributed by atoms with Gasteiger partial charge in [-0.1, -0.05) is 11.8 Å². The Kier molecular flexibility index (Phi) is 3.74. The molecule has 0 radical (unpaired) electrons. The molecule has 2 aliphatic rings. The van der Waals surface area contributed by atoms with Gasteiger partial charge in [-0.05, 0) is 26.0 Å². The van der Waals surface area contributed by atoms with Gasteiger partial charge in [-0.3, -0.25) is 10.1 Å². The Morgan fingerprint density at radius 1 is 1.52 bits per heavy atom. The van der Waals surface area contributed by atoms with Crippen LogP contribution in [0.2, 0.25) is 0 Å². The monoisotopic (exact) mass is 330 g/mol. The largest absolute Gasteiger partial charge is 0.483 e. The zero-order valence-corrected chi connectivity index (χ0v) is 13.5. The number of aliphatic imine (C=N–C) groups is 1. The summed E-state index contributed by atoms with van der Waals surface area (Å²) >= 11 is 1.49. The van der Waals surface area contributed by atoms with Gasteiger partial charge in [0.2, 0.25) is 6.19 Å². The predicted molar refractivity (Wildman–Crippen MR) is 88.0 cm³/mol. The van der Waals surface area contributed by atoms with Crippen LogP contribution in [0.25, 0.3) is 5.70 Å². The zero-order chi connectivity index (χ0) is 16.6. The first-order valence-corrected chi connectivity index (χ1v) is 7.98. The van der Waals surface area contributed by atoms with E-state index in [1.165, 1.54) is 23.9 Å². The molecule has 0 N–H and O–H groups in total. The van der Waals surface area contributed by atoms with E-state index >= 15 is 0 Å². The molecular weight excluding hydrogens is 316 g/mol. The van der Waals surface area contributed by atoms with Gasteiger partial charge in [-0.15, -0.1) is 4.99 Å². The summed E-state index contributed by atoms with van der Waals surface area (Å²) in [5, 5.41) is 20.5. The zero-order valence-electron chi connectivity index (χ0n) is 12.6. The van der Waals surface area contributed by atoms with Crippen molar-refractivity contribution in [2.24, 2.45) is 4.99 Å². The minimum absolute atomic E-state index is 0.00331. The normalized spacial score (nSPS) is 20.5. The molecule has 3 rings (SSSR count). The molecule has 1 saturated heterocycles. The van der Waals surface area contributed by atoms with Crippen molar-refractivity contribution < 1.29 is 9.66 Å². The van der Waals surface area contributed by atoms with Crippen LogP contribution in [0.4, 0.5) is 5.69 Å². The fraction of sp³-hybridized carbons (Fsp3) is 0.333. The van der Waals surface area contributed by atoms with Crippen molar-refractivity contribution in [2.45, 2.75) is 19.4 Å². The standard InChI is InChI=1S/C15H14N4O3S/c1-15(2)8-12(18-5-6-23-14(18)17-9-16)11-7-10(19(20)21)3-4-13(11)22-15/h3-4,7-8H,5-6H2,1-2H3/b17-14+. The van der Waals surface area contributed by atoms with Crippen LogP contribution in [0.5, 0.6) is 5.75 Å².